The molecule has 1 saturated heterocycles. The van der Waals surface area contributed by atoms with Gasteiger partial charge in [-0.2, -0.15) is 0 Å². The van der Waals surface area contributed by atoms with Crippen LogP contribution in [-0.4, -0.2) is 25.7 Å². The number of urea groups is 1. The Kier molecular flexibility index (Phi) is 4.59. The maximum absolute atomic E-state index is 11.7. The minimum Gasteiger partial charge on any atom is -0.338 e. The summed E-state index contributed by atoms with van der Waals surface area (Å²) in [7, 11) is 0. The normalized spacial score (nSPS) is 15.6. The fourth-order valence-electron chi connectivity index (χ4n) is 2.08. The Labute approximate surface area is 108 Å². The molecular formula is C14H21N3O. The Hall–Kier alpha value is -1.55. The molecule has 1 aliphatic rings. The zero-order chi connectivity index (χ0) is 12.8. The van der Waals surface area contributed by atoms with E-state index in [0.29, 0.717) is 0 Å². The number of anilines is 1. The van der Waals surface area contributed by atoms with Crippen molar-refractivity contribution in [2.24, 2.45) is 0 Å². The van der Waals surface area contributed by atoms with Crippen molar-refractivity contribution in [1.82, 2.24) is 10.6 Å². The van der Waals surface area contributed by atoms with Crippen molar-refractivity contribution in [3.8, 4) is 0 Å². The minimum absolute atomic E-state index is 0.0121. The second-order valence-corrected chi connectivity index (χ2v) is 4.58. The highest BCUT2D eigenvalue weighted by atomic mass is 16.2. The molecular weight excluding hydrogens is 226 g/mol. The second kappa shape index (κ2) is 6.40. The van der Waals surface area contributed by atoms with Gasteiger partial charge in [-0.3, -0.25) is 4.90 Å². The van der Waals surface area contributed by atoms with Crippen molar-refractivity contribution in [2.45, 2.75) is 26.3 Å². The Bertz CT molecular complexity index is 389. The van der Waals surface area contributed by atoms with Gasteiger partial charge in [-0.1, -0.05) is 19.1 Å². The summed E-state index contributed by atoms with van der Waals surface area (Å²) in [6, 6.07) is 8.22. The molecule has 4 heteroatoms. The largest absolute Gasteiger partial charge is 0.338 e. The van der Waals surface area contributed by atoms with Gasteiger partial charge in [0.2, 0.25) is 0 Å². The van der Waals surface area contributed by atoms with Gasteiger partial charge in [0.15, 0.2) is 0 Å². The SMILES string of the molecule is CCCNCc1ccc(N2CCCNC2=O)cc1. The fraction of sp³-hybridized carbons (Fsp3) is 0.500. The number of hydrogen-bond acceptors (Lipinski definition) is 2. The average Bonchev–Trinajstić information content (AvgIpc) is 2.41. The van der Waals surface area contributed by atoms with E-state index in [4.69, 9.17) is 0 Å². The molecule has 2 amide bonds. The van der Waals surface area contributed by atoms with Gasteiger partial charge >= 0.3 is 6.03 Å². The lowest BCUT2D eigenvalue weighted by molar-refractivity contribution is 0.243. The first kappa shape index (κ1) is 12.9. The number of nitrogens with zero attached hydrogens (tertiary/aromatic N) is 1. The van der Waals surface area contributed by atoms with Crippen LogP contribution in [0.1, 0.15) is 25.3 Å². The van der Waals surface area contributed by atoms with E-state index in [1.165, 1.54) is 5.56 Å². The molecule has 1 heterocycles. The molecule has 0 spiro atoms. The van der Waals surface area contributed by atoms with Crippen molar-refractivity contribution < 1.29 is 4.79 Å². The number of benzene rings is 1. The van der Waals surface area contributed by atoms with Crippen LogP contribution in [0.4, 0.5) is 10.5 Å². The van der Waals surface area contributed by atoms with E-state index in [1.807, 2.05) is 12.1 Å². The zero-order valence-corrected chi connectivity index (χ0v) is 10.9. The van der Waals surface area contributed by atoms with Crippen molar-refractivity contribution in [3.63, 3.8) is 0 Å². The second-order valence-electron chi connectivity index (χ2n) is 4.58. The van der Waals surface area contributed by atoms with E-state index in [9.17, 15) is 4.79 Å². The molecule has 0 unspecified atom stereocenters. The summed E-state index contributed by atoms with van der Waals surface area (Å²) in [6.07, 6.45) is 2.15. The summed E-state index contributed by atoms with van der Waals surface area (Å²) >= 11 is 0. The molecule has 2 N–H and O–H groups in total. The van der Waals surface area contributed by atoms with Crippen LogP contribution >= 0.6 is 0 Å². The number of rotatable bonds is 5. The predicted molar refractivity (Wildman–Crippen MR) is 73.8 cm³/mol. The summed E-state index contributed by atoms with van der Waals surface area (Å²) in [5.41, 5.74) is 2.23. The van der Waals surface area contributed by atoms with Crippen LogP contribution in [0.3, 0.4) is 0 Å². The molecule has 1 aromatic carbocycles. The van der Waals surface area contributed by atoms with E-state index in [1.54, 1.807) is 4.90 Å². The summed E-state index contributed by atoms with van der Waals surface area (Å²) in [4.78, 5) is 13.5. The minimum atomic E-state index is 0.0121. The Morgan fingerprint density at radius 1 is 1.33 bits per heavy atom. The molecule has 1 fully saturated rings. The van der Waals surface area contributed by atoms with Gasteiger partial charge in [0.1, 0.15) is 0 Å². The lowest BCUT2D eigenvalue weighted by Gasteiger charge is -2.27. The maximum atomic E-state index is 11.7. The van der Waals surface area contributed by atoms with E-state index in [2.05, 4.69) is 29.7 Å². The van der Waals surface area contributed by atoms with Crippen LogP contribution in [-0.2, 0) is 6.54 Å². The Morgan fingerprint density at radius 2 is 2.11 bits per heavy atom. The molecule has 0 aromatic heterocycles. The summed E-state index contributed by atoms with van der Waals surface area (Å²) < 4.78 is 0. The fourth-order valence-corrected chi connectivity index (χ4v) is 2.08. The third-order valence-corrected chi connectivity index (χ3v) is 3.08. The topological polar surface area (TPSA) is 44.4 Å². The number of amides is 2. The molecule has 1 aliphatic heterocycles. The summed E-state index contributed by atoms with van der Waals surface area (Å²) in [5, 5.41) is 6.23. The number of hydrogen-bond donors (Lipinski definition) is 2. The van der Waals surface area contributed by atoms with E-state index < -0.39 is 0 Å². The number of carbonyl (C=O) groups is 1. The highest BCUT2D eigenvalue weighted by Crippen LogP contribution is 2.17. The van der Waals surface area contributed by atoms with Gasteiger partial charge < -0.3 is 10.6 Å². The van der Waals surface area contributed by atoms with Crippen LogP contribution in [0.5, 0.6) is 0 Å². The number of nitrogens with one attached hydrogen (secondary N) is 2. The monoisotopic (exact) mass is 247 g/mol. The predicted octanol–water partition coefficient (Wildman–Crippen LogP) is 2.11. The average molecular weight is 247 g/mol. The lowest BCUT2D eigenvalue weighted by Crippen LogP contribution is -2.46. The molecule has 1 aromatic rings. The van der Waals surface area contributed by atoms with Crippen molar-refractivity contribution in [1.29, 1.82) is 0 Å². The Morgan fingerprint density at radius 3 is 2.78 bits per heavy atom. The smallest absolute Gasteiger partial charge is 0.321 e. The van der Waals surface area contributed by atoms with Crippen LogP contribution < -0.4 is 15.5 Å². The lowest BCUT2D eigenvalue weighted by atomic mass is 10.2. The summed E-state index contributed by atoms with van der Waals surface area (Å²) in [5.74, 6) is 0. The molecule has 0 radical (unpaired) electrons. The molecule has 18 heavy (non-hydrogen) atoms. The van der Waals surface area contributed by atoms with Gasteiger partial charge in [-0.25, -0.2) is 4.79 Å². The number of carbonyl (C=O) groups excluding carboxylic acids is 1. The third kappa shape index (κ3) is 3.23. The van der Waals surface area contributed by atoms with Gasteiger partial charge in [0, 0.05) is 25.3 Å². The van der Waals surface area contributed by atoms with Crippen LogP contribution in [0.25, 0.3) is 0 Å². The van der Waals surface area contributed by atoms with E-state index in [-0.39, 0.29) is 6.03 Å². The van der Waals surface area contributed by atoms with Crippen molar-refractivity contribution in [3.05, 3.63) is 29.8 Å². The molecule has 0 bridgehead atoms. The van der Waals surface area contributed by atoms with Gasteiger partial charge in [0.25, 0.3) is 0 Å². The quantitative estimate of drug-likeness (QED) is 0.783. The zero-order valence-electron chi connectivity index (χ0n) is 10.9. The van der Waals surface area contributed by atoms with Crippen LogP contribution in [0, 0.1) is 0 Å². The van der Waals surface area contributed by atoms with Crippen molar-refractivity contribution in [2.75, 3.05) is 24.5 Å². The van der Waals surface area contributed by atoms with Crippen molar-refractivity contribution >= 4 is 11.7 Å². The third-order valence-electron chi connectivity index (χ3n) is 3.08. The standard InChI is InChI=1S/C14H21N3O/c1-2-8-15-11-12-4-6-13(7-5-12)17-10-3-9-16-14(17)18/h4-7,15H,2-3,8-11H2,1H3,(H,16,18). The molecule has 2 rings (SSSR count). The Balaban J connectivity index is 1.96. The molecule has 98 valence electrons. The van der Waals surface area contributed by atoms with Crippen LogP contribution in [0.15, 0.2) is 24.3 Å². The first-order chi connectivity index (χ1) is 8.81. The molecule has 0 aliphatic carbocycles. The van der Waals surface area contributed by atoms with Crippen LogP contribution in [0.2, 0.25) is 0 Å². The highest BCUT2D eigenvalue weighted by molar-refractivity contribution is 5.92. The maximum Gasteiger partial charge on any atom is 0.321 e. The molecule has 0 atom stereocenters. The molecule has 0 saturated carbocycles. The highest BCUT2D eigenvalue weighted by Gasteiger charge is 2.18. The van der Waals surface area contributed by atoms with Gasteiger partial charge in [0.05, 0.1) is 0 Å². The summed E-state index contributed by atoms with van der Waals surface area (Å²) in [6.45, 7) is 5.68. The van der Waals surface area contributed by atoms with E-state index >= 15 is 0 Å². The van der Waals surface area contributed by atoms with E-state index in [0.717, 1.165) is 44.7 Å². The first-order valence-electron chi connectivity index (χ1n) is 6.66. The molecule has 4 nitrogen and oxygen atoms in total. The first-order valence-corrected chi connectivity index (χ1v) is 6.66. The van der Waals surface area contributed by atoms with Gasteiger partial charge in [-0.15, -0.1) is 0 Å². The van der Waals surface area contributed by atoms with Gasteiger partial charge in [-0.05, 0) is 37.1 Å².